The first-order valence-corrected chi connectivity index (χ1v) is 12.0. The van der Waals surface area contributed by atoms with Crippen LogP contribution in [0.4, 0.5) is 18.9 Å². The molecule has 0 saturated carbocycles. The fourth-order valence-corrected chi connectivity index (χ4v) is 4.19. The molecule has 0 radical (unpaired) electrons. The minimum absolute atomic E-state index is 0.00523. The number of hydrogen-bond acceptors (Lipinski definition) is 4. The summed E-state index contributed by atoms with van der Waals surface area (Å²) in [5.41, 5.74) is 3.28. The molecule has 0 atom stereocenters. The molecule has 7 nitrogen and oxygen atoms in total. The van der Waals surface area contributed by atoms with Crippen molar-refractivity contribution in [3.8, 4) is 0 Å². The van der Waals surface area contributed by atoms with Gasteiger partial charge in [0.2, 0.25) is 5.91 Å². The van der Waals surface area contributed by atoms with E-state index in [0.29, 0.717) is 23.7 Å². The fourth-order valence-electron chi connectivity index (χ4n) is 4.06. The lowest BCUT2D eigenvalue weighted by molar-refractivity contribution is -0.192. The van der Waals surface area contributed by atoms with Crippen LogP contribution in [0.2, 0.25) is 5.02 Å². The number of carbonyl (C=O) groups is 3. The molecule has 2 amide bonds. The van der Waals surface area contributed by atoms with Crippen LogP contribution in [0.3, 0.4) is 0 Å². The quantitative estimate of drug-likeness (QED) is 0.350. The van der Waals surface area contributed by atoms with Gasteiger partial charge >= 0.3 is 12.1 Å². The third-order valence-corrected chi connectivity index (χ3v) is 6.19. The second-order valence-corrected chi connectivity index (χ2v) is 9.07. The second kappa shape index (κ2) is 11.5. The van der Waals surface area contributed by atoms with Crippen molar-refractivity contribution in [1.82, 2.24) is 9.88 Å². The van der Waals surface area contributed by atoms with Gasteiger partial charge in [-0.25, -0.2) is 4.79 Å². The predicted octanol–water partition coefficient (Wildman–Crippen LogP) is 5.71. The largest absolute Gasteiger partial charge is 0.490 e. The first-order valence-electron chi connectivity index (χ1n) is 11.6. The van der Waals surface area contributed by atoms with E-state index in [2.05, 4.69) is 11.1 Å². The van der Waals surface area contributed by atoms with Gasteiger partial charge in [-0.15, -0.1) is 0 Å². The van der Waals surface area contributed by atoms with Crippen molar-refractivity contribution in [1.29, 1.82) is 0 Å². The van der Waals surface area contributed by atoms with E-state index in [-0.39, 0.29) is 18.4 Å². The van der Waals surface area contributed by atoms with Crippen molar-refractivity contribution in [3.63, 3.8) is 0 Å². The van der Waals surface area contributed by atoms with Crippen LogP contribution < -0.4 is 4.90 Å². The lowest BCUT2D eigenvalue weighted by atomic mass is 10.1. The molecule has 1 aliphatic heterocycles. The Morgan fingerprint density at radius 2 is 1.64 bits per heavy atom. The van der Waals surface area contributed by atoms with E-state index in [1.165, 1.54) is 0 Å². The SMILES string of the molecule is O=C(O)C(F)(F)F.O=C(c1ccc(Cl)cc1)N1CC(=O)N(Cc2ccc3ccncc3c2)c2ccccc2C1. The minimum atomic E-state index is -5.08. The van der Waals surface area contributed by atoms with Gasteiger partial charge in [-0.3, -0.25) is 14.6 Å². The van der Waals surface area contributed by atoms with Crippen LogP contribution in [0.25, 0.3) is 10.8 Å². The van der Waals surface area contributed by atoms with Crippen LogP contribution in [0, 0.1) is 0 Å². The van der Waals surface area contributed by atoms with Gasteiger partial charge in [0, 0.05) is 40.6 Å². The van der Waals surface area contributed by atoms with E-state index >= 15 is 0 Å². The Morgan fingerprint density at radius 1 is 0.949 bits per heavy atom. The number of alkyl halides is 3. The molecule has 0 fully saturated rings. The Bertz CT molecular complexity index is 1530. The average molecular weight is 556 g/mol. The number of para-hydroxylation sites is 1. The molecule has 3 aromatic carbocycles. The monoisotopic (exact) mass is 555 g/mol. The van der Waals surface area contributed by atoms with E-state index in [0.717, 1.165) is 27.6 Å². The molecule has 0 aliphatic carbocycles. The highest BCUT2D eigenvalue weighted by molar-refractivity contribution is 6.30. The summed E-state index contributed by atoms with van der Waals surface area (Å²) in [6.07, 6.45) is -1.49. The maximum Gasteiger partial charge on any atom is 0.490 e. The lowest BCUT2D eigenvalue weighted by Gasteiger charge is -2.23. The number of benzene rings is 3. The zero-order chi connectivity index (χ0) is 28.2. The number of nitrogens with zero attached hydrogens (tertiary/aromatic N) is 3. The molecule has 1 N–H and O–H groups in total. The third kappa shape index (κ3) is 6.71. The molecule has 39 heavy (non-hydrogen) atoms. The second-order valence-electron chi connectivity index (χ2n) is 8.64. The summed E-state index contributed by atoms with van der Waals surface area (Å²) in [7, 11) is 0. The van der Waals surface area contributed by atoms with Crippen LogP contribution in [0.5, 0.6) is 0 Å². The Hall–Kier alpha value is -4.44. The molecule has 0 unspecified atom stereocenters. The molecular weight excluding hydrogens is 535 g/mol. The summed E-state index contributed by atoms with van der Waals surface area (Å²) in [4.78, 5) is 42.9. The third-order valence-electron chi connectivity index (χ3n) is 5.94. The molecule has 0 bridgehead atoms. The Balaban J connectivity index is 0.000000448. The molecule has 5 rings (SSSR count). The van der Waals surface area contributed by atoms with E-state index in [1.807, 2.05) is 48.7 Å². The van der Waals surface area contributed by atoms with Gasteiger partial charge in [-0.1, -0.05) is 41.9 Å². The Labute approximate surface area is 226 Å². The number of carboxylic acid groups (broad SMARTS) is 1. The highest BCUT2D eigenvalue weighted by Gasteiger charge is 2.38. The molecular formula is C28H21ClF3N3O4. The number of rotatable bonds is 3. The Kier molecular flexibility index (Phi) is 8.15. The topological polar surface area (TPSA) is 90.8 Å². The van der Waals surface area contributed by atoms with E-state index in [4.69, 9.17) is 21.5 Å². The first kappa shape index (κ1) is 27.6. The summed E-state index contributed by atoms with van der Waals surface area (Å²) in [6.45, 7) is 0.788. The van der Waals surface area contributed by atoms with Gasteiger partial charge in [0.15, 0.2) is 0 Å². The van der Waals surface area contributed by atoms with Gasteiger partial charge < -0.3 is 14.9 Å². The molecule has 200 valence electrons. The molecule has 0 spiro atoms. The summed E-state index contributed by atoms with van der Waals surface area (Å²) in [5, 5.41) is 9.82. The first-order chi connectivity index (χ1) is 18.5. The Morgan fingerprint density at radius 3 is 2.33 bits per heavy atom. The maximum absolute atomic E-state index is 13.3. The zero-order valence-electron chi connectivity index (χ0n) is 20.2. The number of anilines is 1. The van der Waals surface area contributed by atoms with E-state index in [1.54, 1.807) is 40.3 Å². The molecule has 0 saturated heterocycles. The van der Waals surface area contributed by atoms with Gasteiger partial charge in [0.05, 0.1) is 6.54 Å². The minimum Gasteiger partial charge on any atom is -0.475 e. The van der Waals surface area contributed by atoms with Crippen molar-refractivity contribution in [3.05, 3.63) is 107 Å². The molecule has 4 aromatic rings. The average Bonchev–Trinajstić information content (AvgIpc) is 3.05. The zero-order valence-corrected chi connectivity index (χ0v) is 21.0. The number of carbonyl (C=O) groups excluding carboxylic acids is 2. The number of aromatic nitrogens is 1. The highest BCUT2D eigenvalue weighted by atomic mass is 35.5. The maximum atomic E-state index is 13.3. The van der Waals surface area contributed by atoms with Crippen molar-refractivity contribution in [2.45, 2.75) is 19.3 Å². The number of pyridine rings is 1. The van der Waals surface area contributed by atoms with Crippen LogP contribution in [-0.2, 0) is 22.7 Å². The smallest absolute Gasteiger partial charge is 0.475 e. The van der Waals surface area contributed by atoms with E-state index < -0.39 is 12.1 Å². The van der Waals surface area contributed by atoms with Gasteiger partial charge in [0.25, 0.3) is 5.91 Å². The number of aliphatic carboxylic acids is 1. The number of carboxylic acids is 1. The highest BCUT2D eigenvalue weighted by Crippen LogP contribution is 2.29. The van der Waals surface area contributed by atoms with Crippen LogP contribution in [0.15, 0.2) is 85.2 Å². The summed E-state index contributed by atoms with van der Waals surface area (Å²) >= 11 is 5.96. The summed E-state index contributed by atoms with van der Waals surface area (Å²) in [6, 6.07) is 22.6. The van der Waals surface area contributed by atoms with Gasteiger partial charge in [-0.05, 0) is 59.0 Å². The van der Waals surface area contributed by atoms with E-state index in [9.17, 15) is 22.8 Å². The molecule has 2 heterocycles. The van der Waals surface area contributed by atoms with Crippen molar-refractivity contribution in [2.75, 3.05) is 11.4 Å². The number of hydrogen-bond donors (Lipinski definition) is 1. The predicted molar refractivity (Wildman–Crippen MR) is 139 cm³/mol. The van der Waals surface area contributed by atoms with Crippen LogP contribution in [-0.4, -0.2) is 45.5 Å². The summed E-state index contributed by atoms with van der Waals surface area (Å²) in [5.74, 6) is -3.07. The number of amides is 2. The fraction of sp³-hybridized carbons (Fsp3) is 0.143. The standard InChI is InChI=1S/C26H20ClN3O2.C2HF3O2/c27-23-9-7-20(8-10-23)26(32)29-16-21-3-1-2-4-24(21)30(25(31)17-29)15-18-5-6-19-11-12-28-14-22(19)13-18;3-2(4,5)1(6)7/h1-14H,15-17H2;(H,6,7). The van der Waals surface area contributed by atoms with Crippen LogP contribution >= 0.6 is 11.6 Å². The van der Waals surface area contributed by atoms with Gasteiger partial charge in [0.1, 0.15) is 6.54 Å². The van der Waals surface area contributed by atoms with Crippen molar-refractivity contribution < 1.29 is 32.7 Å². The lowest BCUT2D eigenvalue weighted by Crippen LogP contribution is -2.39. The van der Waals surface area contributed by atoms with Crippen LogP contribution in [0.1, 0.15) is 21.5 Å². The number of halogens is 4. The van der Waals surface area contributed by atoms with Gasteiger partial charge in [-0.2, -0.15) is 13.2 Å². The van der Waals surface area contributed by atoms with Crippen molar-refractivity contribution >= 4 is 45.8 Å². The number of fused-ring (bicyclic) bond motifs is 2. The molecule has 1 aliphatic rings. The van der Waals surface area contributed by atoms with Crippen molar-refractivity contribution in [2.24, 2.45) is 0 Å². The molecule has 1 aromatic heterocycles. The molecule has 11 heteroatoms. The normalized spacial score (nSPS) is 13.3. The summed E-state index contributed by atoms with van der Waals surface area (Å²) < 4.78 is 31.7.